The molecular formula is C6H8AsNO2S. The number of rotatable bonds is 3. The van der Waals surface area contributed by atoms with Crippen LogP contribution in [-0.2, 0) is 0 Å². The third-order valence-electron chi connectivity index (χ3n) is 1.11. The van der Waals surface area contributed by atoms with Crippen LogP contribution in [0.3, 0.4) is 0 Å². The summed E-state index contributed by atoms with van der Waals surface area (Å²) in [6.07, 6.45) is 0. The van der Waals surface area contributed by atoms with Crippen LogP contribution in [0, 0.1) is 0 Å². The van der Waals surface area contributed by atoms with Crippen LogP contribution < -0.4 is 3.66 Å². The van der Waals surface area contributed by atoms with Gasteiger partial charge < -0.3 is 0 Å². The van der Waals surface area contributed by atoms with Crippen LogP contribution in [0.2, 0.25) is 5.21 Å². The van der Waals surface area contributed by atoms with Crippen molar-refractivity contribution < 1.29 is 9.90 Å². The van der Waals surface area contributed by atoms with Crippen LogP contribution in [0.1, 0.15) is 17.4 Å². The van der Waals surface area contributed by atoms with Crippen LogP contribution in [0.4, 0.5) is 0 Å². The molecule has 1 aromatic heterocycles. The molecule has 0 aliphatic heterocycles. The normalized spacial score (nSPS) is 11.0. The molecule has 1 heterocycles. The van der Waals surface area contributed by atoms with E-state index in [1.165, 1.54) is 11.3 Å². The zero-order valence-electron chi connectivity index (χ0n) is 6.00. The van der Waals surface area contributed by atoms with Gasteiger partial charge in [-0.1, -0.05) is 0 Å². The average Bonchev–Trinajstić information content (AvgIpc) is 2.36. The molecule has 0 aromatic carbocycles. The first-order valence-corrected chi connectivity index (χ1v) is 6.57. The van der Waals surface area contributed by atoms with Crippen molar-refractivity contribution in [3.8, 4) is 0 Å². The van der Waals surface area contributed by atoms with E-state index in [2.05, 4.69) is 11.9 Å². The molecule has 5 heteroatoms. The molecule has 1 N–H and O–H groups in total. The van der Waals surface area contributed by atoms with Gasteiger partial charge in [-0.25, -0.2) is 0 Å². The molecule has 1 atom stereocenters. The summed E-state index contributed by atoms with van der Waals surface area (Å²) in [5.74, 6) is -0.890. The molecule has 0 saturated carbocycles. The summed E-state index contributed by atoms with van der Waals surface area (Å²) in [4.78, 5) is 14.3. The van der Waals surface area contributed by atoms with E-state index in [4.69, 9.17) is 5.11 Å². The first kappa shape index (κ1) is 8.75. The minimum atomic E-state index is -0.890. The Hall–Kier alpha value is -0.342. The van der Waals surface area contributed by atoms with Gasteiger partial charge in [0.1, 0.15) is 0 Å². The first-order chi connectivity index (χ1) is 5.25. The monoisotopic (exact) mass is 233 g/mol. The van der Waals surface area contributed by atoms with E-state index in [-0.39, 0.29) is 21.4 Å². The first-order valence-electron chi connectivity index (χ1n) is 3.16. The van der Waals surface area contributed by atoms with Crippen LogP contribution >= 0.6 is 11.3 Å². The van der Waals surface area contributed by atoms with Gasteiger partial charge >= 0.3 is 74.9 Å². The van der Waals surface area contributed by atoms with Crippen molar-refractivity contribution in [3.63, 3.8) is 0 Å². The number of carbonyl (C=O) groups is 1. The average molecular weight is 233 g/mol. The SMILES string of the molecule is CC[AsH]c1scnc1C(=O)O. The summed E-state index contributed by atoms with van der Waals surface area (Å²) in [5.41, 5.74) is 1.88. The third kappa shape index (κ3) is 2.04. The molecule has 1 unspecified atom stereocenters. The van der Waals surface area contributed by atoms with Gasteiger partial charge in [0, 0.05) is 0 Å². The summed E-state index contributed by atoms with van der Waals surface area (Å²) in [7, 11) is 0. The molecule has 3 nitrogen and oxygen atoms in total. The molecule has 0 fully saturated rings. The quantitative estimate of drug-likeness (QED) is 0.766. The second-order valence-corrected chi connectivity index (χ2v) is 6.76. The Balaban J connectivity index is 2.87. The van der Waals surface area contributed by atoms with Gasteiger partial charge in [-0.15, -0.1) is 0 Å². The number of nitrogens with zero attached hydrogens (tertiary/aromatic N) is 1. The molecule has 0 amide bonds. The van der Waals surface area contributed by atoms with Crippen LogP contribution in [0.15, 0.2) is 5.51 Å². The Bertz CT molecular complexity index is 261. The van der Waals surface area contributed by atoms with Gasteiger partial charge in [0.05, 0.1) is 0 Å². The van der Waals surface area contributed by atoms with Crippen molar-refractivity contribution in [3.05, 3.63) is 11.2 Å². The Kier molecular flexibility index (Phi) is 3.09. The van der Waals surface area contributed by atoms with Crippen molar-refractivity contribution in [2.75, 3.05) is 0 Å². The zero-order chi connectivity index (χ0) is 8.27. The van der Waals surface area contributed by atoms with E-state index in [1.807, 2.05) is 0 Å². The summed E-state index contributed by atoms with van der Waals surface area (Å²) < 4.78 is 1.00. The summed E-state index contributed by atoms with van der Waals surface area (Å²) in [5, 5.41) is 9.73. The number of hydrogen-bond acceptors (Lipinski definition) is 3. The zero-order valence-corrected chi connectivity index (χ0v) is 8.91. The number of aromatic carboxylic acids is 1. The van der Waals surface area contributed by atoms with E-state index < -0.39 is 5.97 Å². The number of thiazole rings is 1. The molecule has 0 saturated heterocycles. The van der Waals surface area contributed by atoms with Gasteiger partial charge in [0.2, 0.25) is 0 Å². The molecule has 0 aliphatic rings. The van der Waals surface area contributed by atoms with Gasteiger partial charge in [-0.3, -0.25) is 0 Å². The third-order valence-corrected chi connectivity index (χ3v) is 5.15. The van der Waals surface area contributed by atoms with Gasteiger partial charge in [-0.2, -0.15) is 0 Å². The predicted octanol–water partition coefficient (Wildman–Crippen LogP) is 0.341. The molecule has 0 radical (unpaired) electrons. The minimum absolute atomic E-state index is 0.239. The molecular weight excluding hydrogens is 225 g/mol. The van der Waals surface area contributed by atoms with E-state index in [0.29, 0.717) is 0 Å². The van der Waals surface area contributed by atoms with Crippen LogP contribution in [0.25, 0.3) is 0 Å². The summed E-state index contributed by atoms with van der Waals surface area (Å²) in [6.45, 7) is 2.07. The van der Waals surface area contributed by atoms with Crippen molar-refractivity contribution in [2.24, 2.45) is 0 Å². The van der Waals surface area contributed by atoms with E-state index in [9.17, 15) is 4.79 Å². The molecule has 0 spiro atoms. The maximum atomic E-state index is 10.5. The molecule has 11 heavy (non-hydrogen) atoms. The second kappa shape index (κ2) is 3.88. The standard InChI is InChI=1S/C6H8AsNO2S/c1-2-7-5-4(6(9)10)8-3-11-5/h3,7H,2H2,1H3,(H,9,10). The number of aromatic nitrogens is 1. The van der Waals surface area contributed by atoms with Crippen LogP contribution in [-0.4, -0.2) is 31.8 Å². The Morgan fingerprint density at radius 1 is 1.91 bits per heavy atom. The molecule has 1 rings (SSSR count). The Labute approximate surface area is 75.2 Å². The molecule has 0 bridgehead atoms. The topological polar surface area (TPSA) is 50.2 Å². The van der Waals surface area contributed by atoms with E-state index >= 15 is 0 Å². The van der Waals surface area contributed by atoms with Gasteiger partial charge in [0.25, 0.3) is 0 Å². The Morgan fingerprint density at radius 3 is 3.18 bits per heavy atom. The number of carboxylic acids is 1. The fraction of sp³-hybridized carbons (Fsp3) is 0.333. The second-order valence-electron chi connectivity index (χ2n) is 1.87. The summed E-state index contributed by atoms with van der Waals surface area (Å²) >= 11 is 1.23. The fourth-order valence-electron chi connectivity index (χ4n) is 0.684. The van der Waals surface area contributed by atoms with Crippen molar-refractivity contribution in [1.82, 2.24) is 4.98 Å². The molecule has 60 valence electrons. The summed E-state index contributed by atoms with van der Waals surface area (Å²) in [6, 6.07) is 0. The van der Waals surface area contributed by atoms with Crippen molar-refractivity contribution >= 4 is 36.7 Å². The van der Waals surface area contributed by atoms with Gasteiger partial charge in [0.15, 0.2) is 0 Å². The maximum absolute atomic E-state index is 10.5. The van der Waals surface area contributed by atoms with Crippen molar-refractivity contribution in [2.45, 2.75) is 12.1 Å². The molecule has 0 aliphatic carbocycles. The van der Waals surface area contributed by atoms with E-state index in [1.54, 1.807) is 5.51 Å². The Morgan fingerprint density at radius 2 is 2.64 bits per heavy atom. The fourth-order valence-corrected chi connectivity index (χ4v) is 4.27. The van der Waals surface area contributed by atoms with Crippen LogP contribution in [0.5, 0.6) is 0 Å². The predicted molar refractivity (Wildman–Crippen MR) is 46.3 cm³/mol. The number of carboxylic acid groups (broad SMARTS) is 1. The van der Waals surface area contributed by atoms with E-state index in [0.717, 1.165) is 8.87 Å². The molecule has 1 aromatic rings. The number of hydrogen-bond donors (Lipinski definition) is 1. The van der Waals surface area contributed by atoms with Gasteiger partial charge in [-0.05, 0) is 0 Å². The van der Waals surface area contributed by atoms with Crippen molar-refractivity contribution in [1.29, 1.82) is 0 Å².